The van der Waals surface area contributed by atoms with Crippen LogP contribution in [0.25, 0.3) is 0 Å². The summed E-state index contributed by atoms with van der Waals surface area (Å²) in [5.74, 6) is -0.388. The van der Waals surface area contributed by atoms with Gasteiger partial charge in [0.05, 0.1) is 12.1 Å². The maximum Gasteiger partial charge on any atom is 0.357 e. The number of nitrogens with zero attached hydrogens (tertiary/aromatic N) is 1. The molecule has 0 bridgehead atoms. The number of carbonyl (C=O) groups excluding carboxylic acids is 1. The lowest BCUT2D eigenvalue weighted by Crippen LogP contribution is -2.03. The molecule has 0 saturated heterocycles. The third-order valence-electron chi connectivity index (χ3n) is 2.46. The Balaban J connectivity index is 2.23. The van der Waals surface area contributed by atoms with Crippen molar-refractivity contribution in [3.63, 3.8) is 0 Å². The molecule has 0 aliphatic heterocycles. The molecule has 94 valence electrons. The first-order chi connectivity index (χ1) is 8.60. The average molecular weight is 282 g/mol. The van der Waals surface area contributed by atoms with Crippen LogP contribution in [-0.2, 0) is 11.2 Å². The zero-order valence-corrected chi connectivity index (χ0v) is 11.6. The van der Waals surface area contributed by atoms with Gasteiger partial charge in [0.1, 0.15) is 0 Å². The second-order valence-corrected chi connectivity index (χ2v) is 5.53. The molecule has 0 unspecified atom stereocenters. The molecule has 2 aromatic rings. The monoisotopic (exact) mass is 281 g/mol. The van der Waals surface area contributed by atoms with Crippen LogP contribution in [0, 0.1) is 6.92 Å². The molecule has 5 heteroatoms. The summed E-state index contributed by atoms with van der Waals surface area (Å²) in [5.41, 5.74) is 1.48. The molecule has 0 N–H and O–H groups in total. The van der Waals surface area contributed by atoms with Crippen LogP contribution in [0.5, 0.6) is 0 Å². The minimum atomic E-state index is -0.388. The number of hydrogen-bond acceptors (Lipinski definition) is 4. The first-order valence-corrected chi connectivity index (χ1v) is 6.58. The van der Waals surface area contributed by atoms with E-state index >= 15 is 0 Å². The normalized spacial score (nSPS) is 10.4. The molecule has 1 aromatic heterocycles. The SMILES string of the molecule is COC(=O)c1nc(Cc2cccc(Cl)c2)sc1C. The Morgan fingerprint density at radius 1 is 1.50 bits per heavy atom. The van der Waals surface area contributed by atoms with Crippen molar-refractivity contribution in [3.05, 3.63) is 50.4 Å². The largest absolute Gasteiger partial charge is 0.464 e. The smallest absolute Gasteiger partial charge is 0.357 e. The van der Waals surface area contributed by atoms with Crippen molar-refractivity contribution in [2.45, 2.75) is 13.3 Å². The predicted molar refractivity (Wildman–Crippen MR) is 72.4 cm³/mol. The quantitative estimate of drug-likeness (QED) is 0.809. The number of thiazole rings is 1. The fourth-order valence-corrected chi connectivity index (χ4v) is 2.80. The van der Waals surface area contributed by atoms with Gasteiger partial charge in [-0.25, -0.2) is 9.78 Å². The van der Waals surface area contributed by atoms with Crippen LogP contribution in [0.2, 0.25) is 5.02 Å². The van der Waals surface area contributed by atoms with Crippen LogP contribution in [0.4, 0.5) is 0 Å². The molecule has 0 spiro atoms. The molecule has 1 aromatic carbocycles. The number of halogens is 1. The summed E-state index contributed by atoms with van der Waals surface area (Å²) in [6.07, 6.45) is 0.670. The summed E-state index contributed by atoms with van der Waals surface area (Å²) < 4.78 is 4.68. The van der Waals surface area contributed by atoms with Gasteiger partial charge in [-0.05, 0) is 24.6 Å². The summed E-state index contributed by atoms with van der Waals surface area (Å²) >= 11 is 7.43. The van der Waals surface area contributed by atoms with E-state index in [-0.39, 0.29) is 5.97 Å². The van der Waals surface area contributed by atoms with E-state index in [1.165, 1.54) is 18.4 Å². The summed E-state index contributed by atoms with van der Waals surface area (Å²) in [7, 11) is 1.36. The van der Waals surface area contributed by atoms with E-state index in [1.54, 1.807) is 0 Å². The molecule has 18 heavy (non-hydrogen) atoms. The van der Waals surface area contributed by atoms with E-state index in [9.17, 15) is 4.79 Å². The number of hydrogen-bond donors (Lipinski definition) is 0. The highest BCUT2D eigenvalue weighted by Crippen LogP contribution is 2.22. The molecule has 0 radical (unpaired) electrons. The number of carbonyl (C=O) groups is 1. The third kappa shape index (κ3) is 2.89. The van der Waals surface area contributed by atoms with E-state index in [0.717, 1.165) is 15.4 Å². The molecule has 0 fully saturated rings. The van der Waals surface area contributed by atoms with Crippen LogP contribution in [0.1, 0.15) is 25.9 Å². The lowest BCUT2D eigenvalue weighted by Gasteiger charge is -1.98. The first-order valence-electron chi connectivity index (χ1n) is 5.39. The molecular weight excluding hydrogens is 270 g/mol. The van der Waals surface area contributed by atoms with Gasteiger partial charge >= 0.3 is 5.97 Å². The molecule has 0 amide bonds. The zero-order chi connectivity index (χ0) is 13.1. The van der Waals surface area contributed by atoms with Crippen LogP contribution < -0.4 is 0 Å². The minimum absolute atomic E-state index is 0.388. The van der Waals surface area contributed by atoms with Crippen molar-refractivity contribution in [2.24, 2.45) is 0 Å². The molecule has 0 aliphatic carbocycles. The van der Waals surface area contributed by atoms with Gasteiger partial charge in [0.25, 0.3) is 0 Å². The Morgan fingerprint density at radius 3 is 2.94 bits per heavy atom. The van der Waals surface area contributed by atoms with Gasteiger partial charge in [0.15, 0.2) is 5.69 Å². The summed E-state index contributed by atoms with van der Waals surface area (Å²) in [6.45, 7) is 1.87. The molecule has 3 nitrogen and oxygen atoms in total. The average Bonchev–Trinajstić information content (AvgIpc) is 2.69. The van der Waals surface area contributed by atoms with Gasteiger partial charge in [-0.1, -0.05) is 23.7 Å². The van der Waals surface area contributed by atoms with Crippen LogP contribution in [0.3, 0.4) is 0 Å². The Labute approximate surface area is 114 Å². The fourth-order valence-electron chi connectivity index (χ4n) is 1.63. The number of esters is 1. The number of methoxy groups -OCH3 is 1. The van der Waals surface area contributed by atoms with Crippen molar-refractivity contribution in [2.75, 3.05) is 7.11 Å². The predicted octanol–water partition coefficient (Wildman–Crippen LogP) is 3.48. The standard InChI is InChI=1S/C13H12ClNO2S/c1-8-12(13(16)17-2)15-11(18-8)7-9-4-3-5-10(14)6-9/h3-6H,7H2,1-2H3. The Kier molecular flexibility index (Phi) is 3.99. The second-order valence-electron chi connectivity index (χ2n) is 3.81. The van der Waals surface area contributed by atoms with Gasteiger partial charge in [-0.3, -0.25) is 0 Å². The Hall–Kier alpha value is -1.39. The highest BCUT2D eigenvalue weighted by molar-refractivity contribution is 7.11. The highest BCUT2D eigenvalue weighted by atomic mass is 35.5. The number of benzene rings is 1. The first kappa shape index (κ1) is 13.1. The van der Waals surface area contributed by atoms with E-state index in [2.05, 4.69) is 9.72 Å². The van der Waals surface area contributed by atoms with Crippen molar-refractivity contribution in [3.8, 4) is 0 Å². The summed E-state index contributed by atoms with van der Waals surface area (Å²) in [4.78, 5) is 16.6. The molecule has 1 heterocycles. The minimum Gasteiger partial charge on any atom is -0.464 e. The Bertz CT molecular complexity index is 580. The van der Waals surface area contributed by atoms with Crippen LogP contribution in [-0.4, -0.2) is 18.1 Å². The highest BCUT2D eigenvalue weighted by Gasteiger charge is 2.15. The van der Waals surface area contributed by atoms with Gasteiger partial charge in [-0.2, -0.15) is 0 Å². The summed E-state index contributed by atoms with van der Waals surface area (Å²) in [5, 5.41) is 1.59. The van der Waals surface area contributed by atoms with Crippen molar-refractivity contribution in [1.29, 1.82) is 0 Å². The van der Waals surface area contributed by atoms with Crippen LogP contribution >= 0.6 is 22.9 Å². The van der Waals surface area contributed by atoms with Gasteiger partial charge < -0.3 is 4.74 Å². The van der Waals surface area contributed by atoms with Crippen molar-refractivity contribution in [1.82, 2.24) is 4.98 Å². The van der Waals surface area contributed by atoms with Gasteiger partial charge in [0.2, 0.25) is 0 Å². The van der Waals surface area contributed by atoms with E-state index in [4.69, 9.17) is 11.6 Å². The van der Waals surface area contributed by atoms with Gasteiger partial charge in [0, 0.05) is 16.3 Å². The molecular formula is C13H12ClNO2S. The second kappa shape index (κ2) is 5.50. The maximum absolute atomic E-state index is 11.5. The Morgan fingerprint density at radius 2 is 2.28 bits per heavy atom. The van der Waals surface area contributed by atoms with Crippen molar-refractivity contribution < 1.29 is 9.53 Å². The van der Waals surface area contributed by atoms with Crippen LogP contribution in [0.15, 0.2) is 24.3 Å². The fraction of sp³-hybridized carbons (Fsp3) is 0.231. The number of aryl methyl sites for hydroxylation is 1. The van der Waals surface area contributed by atoms with Gasteiger partial charge in [-0.15, -0.1) is 11.3 Å². The molecule has 2 rings (SSSR count). The number of aromatic nitrogens is 1. The lowest BCUT2D eigenvalue weighted by molar-refractivity contribution is 0.0594. The molecule has 0 saturated carbocycles. The maximum atomic E-state index is 11.5. The van der Waals surface area contributed by atoms with E-state index in [0.29, 0.717) is 17.1 Å². The molecule has 0 aliphatic rings. The molecule has 0 atom stereocenters. The topological polar surface area (TPSA) is 39.2 Å². The number of rotatable bonds is 3. The van der Waals surface area contributed by atoms with Crippen molar-refractivity contribution >= 4 is 28.9 Å². The third-order valence-corrected chi connectivity index (χ3v) is 3.67. The lowest BCUT2D eigenvalue weighted by atomic mass is 10.2. The van der Waals surface area contributed by atoms with E-state index in [1.807, 2.05) is 31.2 Å². The summed E-state index contributed by atoms with van der Waals surface area (Å²) in [6, 6.07) is 7.62. The van der Waals surface area contributed by atoms with E-state index < -0.39 is 0 Å². The number of ether oxygens (including phenoxy) is 1. The zero-order valence-electron chi connectivity index (χ0n) is 10.1.